The maximum absolute atomic E-state index is 13.7. The molecule has 1 aromatic heterocycles. The van der Waals surface area contributed by atoms with Gasteiger partial charge >= 0.3 is 5.69 Å². The molecule has 0 N–H and O–H groups in total. The highest BCUT2D eigenvalue weighted by molar-refractivity contribution is 6.30. The van der Waals surface area contributed by atoms with Gasteiger partial charge in [0.2, 0.25) is 5.82 Å². The van der Waals surface area contributed by atoms with E-state index in [0.717, 1.165) is 6.07 Å². The van der Waals surface area contributed by atoms with Crippen LogP contribution in [-0.2, 0) is 0 Å². The van der Waals surface area contributed by atoms with E-state index in [2.05, 4.69) is 4.98 Å². The molecule has 0 spiro atoms. The fourth-order valence-corrected chi connectivity index (χ4v) is 1.46. The first-order valence-electron chi connectivity index (χ1n) is 4.79. The summed E-state index contributed by atoms with van der Waals surface area (Å²) in [5.74, 6) is -1.10. The number of nitrogens with zero attached hydrogens (tertiary/aromatic N) is 2. The van der Waals surface area contributed by atoms with E-state index in [9.17, 15) is 14.5 Å². The summed E-state index contributed by atoms with van der Waals surface area (Å²) in [7, 11) is 0. The van der Waals surface area contributed by atoms with Crippen molar-refractivity contribution in [1.82, 2.24) is 4.98 Å². The van der Waals surface area contributed by atoms with Gasteiger partial charge in [0.05, 0.1) is 16.1 Å². The standard InChI is InChI=1S/C11H6ClFN2O3/c12-7-4-8(6-14-5-7)18-10-3-1-2-9(11(10)13)15(16)17/h1-6H. The molecule has 1 heterocycles. The zero-order valence-corrected chi connectivity index (χ0v) is 9.60. The van der Waals surface area contributed by atoms with E-state index in [1.807, 2.05) is 0 Å². The maximum Gasteiger partial charge on any atom is 0.308 e. The summed E-state index contributed by atoms with van der Waals surface area (Å²) in [6.45, 7) is 0. The molecule has 0 bridgehead atoms. The van der Waals surface area contributed by atoms with Crippen molar-refractivity contribution in [2.45, 2.75) is 0 Å². The monoisotopic (exact) mass is 268 g/mol. The van der Waals surface area contributed by atoms with E-state index in [0.29, 0.717) is 5.02 Å². The third-order valence-electron chi connectivity index (χ3n) is 2.05. The number of hydrogen-bond acceptors (Lipinski definition) is 4. The predicted octanol–water partition coefficient (Wildman–Crippen LogP) is 3.57. The number of hydrogen-bond donors (Lipinski definition) is 0. The van der Waals surface area contributed by atoms with Gasteiger partial charge < -0.3 is 4.74 Å². The van der Waals surface area contributed by atoms with Crippen molar-refractivity contribution in [2.24, 2.45) is 0 Å². The Hall–Kier alpha value is -2.21. The van der Waals surface area contributed by atoms with E-state index < -0.39 is 16.4 Å². The molecule has 7 heteroatoms. The van der Waals surface area contributed by atoms with E-state index in [-0.39, 0.29) is 11.5 Å². The lowest BCUT2D eigenvalue weighted by Gasteiger charge is -2.06. The molecule has 0 saturated heterocycles. The summed E-state index contributed by atoms with van der Waals surface area (Å²) in [5, 5.41) is 10.9. The van der Waals surface area contributed by atoms with Gasteiger partial charge in [-0.15, -0.1) is 0 Å². The van der Waals surface area contributed by atoms with Gasteiger partial charge in [0, 0.05) is 18.3 Å². The Morgan fingerprint density at radius 1 is 1.39 bits per heavy atom. The third-order valence-corrected chi connectivity index (χ3v) is 2.25. The molecule has 0 atom stereocenters. The molecule has 5 nitrogen and oxygen atoms in total. The van der Waals surface area contributed by atoms with Crippen molar-refractivity contribution in [2.75, 3.05) is 0 Å². The van der Waals surface area contributed by atoms with Crippen LogP contribution in [0.15, 0.2) is 36.7 Å². The number of halogens is 2. The predicted molar refractivity (Wildman–Crippen MR) is 62.4 cm³/mol. The van der Waals surface area contributed by atoms with E-state index in [1.165, 1.54) is 30.6 Å². The molecular weight excluding hydrogens is 263 g/mol. The SMILES string of the molecule is O=[N+]([O-])c1cccc(Oc2cncc(Cl)c2)c1F. The molecule has 0 aliphatic heterocycles. The van der Waals surface area contributed by atoms with Crippen molar-refractivity contribution in [3.05, 3.63) is 57.6 Å². The Morgan fingerprint density at radius 3 is 2.83 bits per heavy atom. The van der Waals surface area contributed by atoms with Crippen molar-refractivity contribution in [3.63, 3.8) is 0 Å². The Balaban J connectivity index is 2.35. The Morgan fingerprint density at radius 2 is 2.17 bits per heavy atom. The third kappa shape index (κ3) is 2.54. The van der Waals surface area contributed by atoms with Gasteiger partial charge in [-0.25, -0.2) is 0 Å². The molecule has 0 saturated carbocycles. The number of rotatable bonds is 3. The lowest BCUT2D eigenvalue weighted by atomic mass is 10.3. The summed E-state index contributed by atoms with van der Waals surface area (Å²) in [6, 6.07) is 5.09. The van der Waals surface area contributed by atoms with Crippen LogP contribution in [0.4, 0.5) is 10.1 Å². The second-order valence-electron chi connectivity index (χ2n) is 3.29. The normalized spacial score (nSPS) is 10.1. The second-order valence-corrected chi connectivity index (χ2v) is 3.72. The van der Waals surface area contributed by atoms with Gasteiger partial charge in [0.15, 0.2) is 5.75 Å². The fourth-order valence-electron chi connectivity index (χ4n) is 1.29. The quantitative estimate of drug-likeness (QED) is 0.630. The number of benzene rings is 1. The summed E-state index contributed by atoms with van der Waals surface area (Å²) in [6.07, 6.45) is 2.71. The van der Waals surface area contributed by atoms with Crippen LogP contribution >= 0.6 is 11.6 Å². The molecule has 0 radical (unpaired) electrons. The van der Waals surface area contributed by atoms with Gasteiger partial charge in [0.25, 0.3) is 0 Å². The van der Waals surface area contributed by atoms with Gasteiger partial charge in [-0.2, -0.15) is 4.39 Å². The Kier molecular flexibility index (Phi) is 3.38. The number of nitro groups is 1. The summed E-state index contributed by atoms with van der Waals surface area (Å²) >= 11 is 5.69. The molecule has 2 rings (SSSR count). The second kappa shape index (κ2) is 4.97. The van der Waals surface area contributed by atoms with Crippen LogP contribution in [0.1, 0.15) is 0 Å². The van der Waals surface area contributed by atoms with E-state index in [1.54, 1.807) is 0 Å². The Bertz CT molecular complexity index is 607. The molecule has 0 unspecified atom stereocenters. The van der Waals surface area contributed by atoms with Crippen LogP contribution in [0, 0.1) is 15.9 Å². The molecule has 0 fully saturated rings. The first-order chi connectivity index (χ1) is 8.58. The van der Waals surface area contributed by atoms with Crippen molar-refractivity contribution in [3.8, 4) is 11.5 Å². The van der Waals surface area contributed by atoms with Gasteiger partial charge in [0.1, 0.15) is 5.75 Å². The molecule has 1 aromatic carbocycles. The lowest BCUT2D eigenvalue weighted by molar-refractivity contribution is -0.387. The zero-order chi connectivity index (χ0) is 13.1. The molecular formula is C11H6ClFN2O3. The summed E-state index contributed by atoms with van der Waals surface area (Å²) in [5.41, 5.74) is -0.650. The minimum atomic E-state index is -1.04. The van der Waals surface area contributed by atoms with Crippen LogP contribution in [0.2, 0.25) is 5.02 Å². The number of pyridine rings is 1. The summed E-state index contributed by atoms with van der Waals surface area (Å²) in [4.78, 5) is 13.5. The molecule has 0 aliphatic rings. The van der Waals surface area contributed by atoms with Crippen molar-refractivity contribution < 1.29 is 14.1 Å². The minimum absolute atomic E-state index is 0.196. The summed E-state index contributed by atoms with van der Waals surface area (Å²) < 4.78 is 18.8. The first-order valence-corrected chi connectivity index (χ1v) is 5.17. The highest BCUT2D eigenvalue weighted by Crippen LogP contribution is 2.30. The number of aromatic nitrogens is 1. The Labute approximate surface area is 106 Å². The van der Waals surface area contributed by atoms with Crippen molar-refractivity contribution in [1.29, 1.82) is 0 Å². The average Bonchev–Trinajstić information content (AvgIpc) is 2.31. The van der Waals surface area contributed by atoms with Crippen LogP contribution in [0.3, 0.4) is 0 Å². The molecule has 0 aliphatic carbocycles. The maximum atomic E-state index is 13.7. The highest BCUT2D eigenvalue weighted by Gasteiger charge is 2.18. The lowest BCUT2D eigenvalue weighted by Crippen LogP contribution is -1.95. The fraction of sp³-hybridized carbons (Fsp3) is 0. The average molecular weight is 269 g/mol. The zero-order valence-electron chi connectivity index (χ0n) is 8.84. The highest BCUT2D eigenvalue weighted by atomic mass is 35.5. The smallest absolute Gasteiger partial charge is 0.308 e. The molecule has 0 amide bonds. The van der Waals surface area contributed by atoms with Crippen LogP contribution in [-0.4, -0.2) is 9.91 Å². The van der Waals surface area contributed by atoms with Crippen LogP contribution < -0.4 is 4.74 Å². The largest absolute Gasteiger partial charge is 0.452 e. The van der Waals surface area contributed by atoms with Gasteiger partial charge in [-0.1, -0.05) is 17.7 Å². The topological polar surface area (TPSA) is 65.3 Å². The van der Waals surface area contributed by atoms with Crippen molar-refractivity contribution >= 4 is 17.3 Å². The first kappa shape index (κ1) is 12.3. The van der Waals surface area contributed by atoms with E-state index in [4.69, 9.17) is 16.3 Å². The number of ether oxygens (including phenoxy) is 1. The van der Waals surface area contributed by atoms with Crippen LogP contribution in [0.25, 0.3) is 0 Å². The van der Waals surface area contributed by atoms with E-state index >= 15 is 0 Å². The van der Waals surface area contributed by atoms with Gasteiger partial charge in [-0.3, -0.25) is 15.1 Å². The minimum Gasteiger partial charge on any atom is -0.452 e. The molecule has 2 aromatic rings. The molecule has 18 heavy (non-hydrogen) atoms. The number of nitro benzene ring substituents is 1. The van der Waals surface area contributed by atoms with Gasteiger partial charge in [-0.05, 0) is 6.07 Å². The molecule has 92 valence electrons. The van der Waals surface area contributed by atoms with Crippen LogP contribution in [0.5, 0.6) is 11.5 Å².